The Morgan fingerprint density at radius 3 is 2.62 bits per heavy atom. The maximum Gasteiger partial charge on any atom is 0.182 e. The zero-order chi connectivity index (χ0) is 11.7. The van der Waals surface area contributed by atoms with Gasteiger partial charge in [-0.3, -0.25) is 9.59 Å². The van der Waals surface area contributed by atoms with Crippen molar-refractivity contribution >= 4 is 11.6 Å². The van der Waals surface area contributed by atoms with E-state index in [-0.39, 0.29) is 23.7 Å². The van der Waals surface area contributed by atoms with Gasteiger partial charge in [-0.1, -0.05) is 18.2 Å². The highest BCUT2D eigenvalue weighted by Crippen LogP contribution is 2.23. The number of Topliss-reactive ketones (excluding diaryl/α,β-unsaturated/α-hetero) is 1. The molecule has 0 spiro atoms. The summed E-state index contributed by atoms with van der Waals surface area (Å²) >= 11 is 0. The number of nitrogens with two attached hydrogens (primary N) is 2. The molecular weight excluding hydrogens is 204 g/mol. The van der Waals surface area contributed by atoms with E-state index in [2.05, 4.69) is 0 Å². The summed E-state index contributed by atoms with van der Waals surface area (Å²) in [6.45, 7) is 0. The standard InChI is InChI=1S/C12H12N2O2/c13-9-3-1-7(5-11(9)15)8-2-4-10(14)12(16)6-8/h1-5,9H,6,13-14H2. The molecule has 82 valence electrons. The molecule has 0 aromatic heterocycles. The molecule has 16 heavy (non-hydrogen) atoms. The molecule has 0 radical (unpaired) electrons. The Hall–Kier alpha value is -1.94. The van der Waals surface area contributed by atoms with E-state index < -0.39 is 6.04 Å². The van der Waals surface area contributed by atoms with Gasteiger partial charge in [-0.25, -0.2) is 0 Å². The average molecular weight is 216 g/mol. The van der Waals surface area contributed by atoms with Crippen LogP contribution in [-0.4, -0.2) is 17.6 Å². The second-order valence-electron chi connectivity index (χ2n) is 3.80. The van der Waals surface area contributed by atoms with Gasteiger partial charge in [0.1, 0.15) is 0 Å². The van der Waals surface area contributed by atoms with Crippen LogP contribution in [0, 0.1) is 0 Å². The number of rotatable bonds is 1. The lowest BCUT2D eigenvalue weighted by atomic mass is 9.90. The van der Waals surface area contributed by atoms with Crippen LogP contribution in [0.4, 0.5) is 0 Å². The first-order valence-corrected chi connectivity index (χ1v) is 4.97. The summed E-state index contributed by atoms with van der Waals surface area (Å²) in [5.74, 6) is -0.262. The third-order valence-corrected chi connectivity index (χ3v) is 2.62. The third kappa shape index (κ3) is 1.87. The van der Waals surface area contributed by atoms with Gasteiger partial charge in [0.15, 0.2) is 11.6 Å². The van der Waals surface area contributed by atoms with Crippen molar-refractivity contribution in [2.24, 2.45) is 11.5 Å². The van der Waals surface area contributed by atoms with Gasteiger partial charge in [-0.2, -0.15) is 0 Å². The minimum atomic E-state index is -0.566. The van der Waals surface area contributed by atoms with Crippen molar-refractivity contribution in [2.45, 2.75) is 12.5 Å². The van der Waals surface area contributed by atoms with E-state index in [0.29, 0.717) is 0 Å². The fourth-order valence-electron chi connectivity index (χ4n) is 1.62. The minimum Gasteiger partial charge on any atom is -0.396 e. The number of hydrogen-bond donors (Lipinski definition) is 2. The molecule has 4 heteroatoms. The maximum absolute atomic E-state index is 11.4. The van der Waals surface area contributed by atoms with Crippen molar-refractivity contribution in [3.8, 4) is 0 Å². The first-order chi connectivity index (χ1) is 7.58. The van der Waals surface area contributed by atoms with E-state index in [1.165, 1.54) is 6.08 Å². The van der Waals surface area contributed by atoms with Gasteiger partial charge >= 0.3 is 0 Å². The van der Waals surface area contributed by atoms with E-state index in [0.717, 1.165) is 11.1 Å². The maximum atomic E-state index is 11.4. The molecule has 2 aliphatic rings. The van der Waals surface area contributed by atoms with Crippen LogP contribution in [0.5, 0.6) is 0 Å². The third-order valence-electron chi connectivity index (χ3n) is 2.62. The lowest BCUT2D eigenvalue weighted by molar-refractivity contribution is -0.116. The Labute approximate surface area is 93.0 Å². The molecule has 0 saturated heterocycles. The zero-order valence-electron chi connectivity index (χ0n) is 8.64. The van der Waals surface area contributed by atoms with Gasteiger partial charge in [0.25, 0.3) is 0 Å². The lowest BCUT2D eigenvalue weighted by Gasteiger charge is -2.15. The fraction of sp³-hybridized carbons (Fsp3) is 0.167. The molecule has 0 heterocycles. The van der Waals surface area contributed by atoms with E-state index in [4.69, 9.17) is 11.5 Å². The van der Waals surface area contributed by atoms with Crippen molar-refractivity contribution < 1.29 is 9.59 Å². The lowest BCUT2D eigenvalue weighted by Crippen LogP contribution is -2.29. The van der Waals surface area contributed by atoms with E-state index in [1.807, 2.05) is 0 Å². The summed E-state index contributed by atoms with van der Waals surface area (Å²) in [6.07, 6.45) is 8.43. The molecule has 0 bridgehead atoms. The van der Waals surface area contributed by atoms with Gasteiger partial charge in [0, 0.05) is 6.42 Å². The van der Waals surface area contributed by atoms with Gasteiger partial charge in [0.05, 0.1) is 11.7 Å². The molecule has 0 aromatic rings. The largest absolute Gasteiger partial charge is 0.396 e. The number of hydrogen-bond acceptors (Lipinski definition) is 4. The topological polar surface area (TPSA) is 86.2 Å². The molecule has 2 aliphatic carbocycles. The Morgan fingerprint density at radius 2 is 2.00 bits per heavy atom. The van der Waals surface area contributed by atoms with E-state index in [1.54, 1.807) is 24.3 Å². The number of carbonyl (C=O) groups excluding carboxylic acids is 2. The predicted molar refractivity (Wildman–Crippen MR) is 60.2 cm³/mol. The smallest absolute Gasteiger partial charge is 0.182 e. The zero-order valence-corrected chi connectivity index (χ0v) is 8.64. The average Bonchev–Trinajstić information content (AvgIpc) is 2.26. The number of carbonyl (C=O) groups is 2. The van der Waals surface area contributed by atoms with Gasteiger partial charge in [0.2, 0.25) is 0 Å². The molecule has 2 rings (SSSR count). The van der Waals surface area contributed by atoms with Crippen LogP contribution in [-0.2, 0) is 9.59 Å². The molecule has 0 aliphatic heterocycles. The van der Waals surface area contributed by atoms with Crippen LogP contribution in [0.3, 0.4) is 0 Å². The molecule has 4 N–H and O–H groups in total. The number of ketones is 2. The highest BCUT2D eigenvalue weighted by molar-refractivity contribution is 6.01. The van der Waals surface area contributed by atoms with Crippen molar-refractivity contribution in [3.63, 3.8) is 0 Å². The summed E-state index contributed by atoms with van der Waals surface area (Å²) in [4.78, 5) is 22.8. The highest BCUT2D eigenvalue weighted by Gasteiger charge is 2.19. The van der Waals surface area contributed by atoms with Crippen molar-refractivity contribution in [3.05, 3.63) is 47.2 Å². The SMILES string of the molecule is NC1=CC=C(C2=CC(=O)C(N)C=C2)CC1=O. The molecule has 0 saturated carbocycles. The van der Waals surface area contributed by atoms with Crippen LogP contribution < -0.4 is 11.5 Å². The van der Waals surface area contributed by atoms with E-state index in [9.17, 15) is 9.59 Å². The van der Waals surface area contributed by atoms with E-state index >= 15 is 0 Å². The van der Waals surface area contributed by atoms with Crippen LogP contribution in [0.15, 0.2) is 47.2 Å². The summed E-state index contributed by atoms with van der Waals surface area (Å²) in [6, 6.07) is -0.566. The summed E-state index contributed by atoms with van der Waals surface area (Å²) < 4.78 is 0. The predicted octanol–water partition coefficient (Wildman–Crippen LogP) is 0.121. The first kappa shape index (κ1) is 10.6. The minimum absolute atomic E-state index is 0.117. The fourth-order valence-corrected chi connectivity index (χ4v) is 1.62. The van der Waals surface area contributed by atoms with Gasteiger partial charge in [-0.05, 0) is 23.3 Å². The summed E-state index contributed by atoms with van der Waals surface area (Å²) in [5, 5.41) is 0. The number of allylic oxidation sites excluding steroid dienone is 6. The van der Waals surface area contributed by atoms with Crippen LogP contribution in [0.1, 0.15) is 6.42 Å². The molecular formula is C12H12N2O2. The quantitative estimate of drug-likeness (QED) is 0.652. The Morgan fingerprint density at radius 1 is 1.25 bits per heavy atom. The molecule has 0 aromatic carbocycles. The Bertz CT molecular complexity index is 481. The van der Waals surface area contributed by atoms with Gasteiger partial charge in [-0.15, -0.1) is 0 Å². The van der Waals surface area contributed by atoms with Crippen LogP contribution in [0.2, 0.25) is 0 Å². The molecule has 1 unspecified atom stereocenters. The first-order valence-electron chi connectivity index (χ1n) is 4.97. The van der Waals surface area contributed by atoms with Crippen molar-refractivity contribution in [1.29, 1.82) is 0 Å². The van der Waals surface area contributed by atoms with Crippen molar-refractivity contribution in [1.82, 2.24) is 0 Å². The molecule has 1 atom stereocenters. The highest BCUT2D eigenvalue weighted by atomic mass is 16.1. The second-order valence-corrected chi connectivity index (χ2v) is 3.80. The monoisotopic (exact) mass is 216 g/mol. The second kappa shape index (κ2) is 3.90. The van der Waals surface area contributed by atoms with Crippen LogP contribution in [0.25, 0.3) is 0 Å². The molecule has 0 fully saturated rings. The normalized spacial score (nSPS) is 25.1. The molecule has 0 amide bonds. The van der Waals surface area contributed by atoms with Crippen molar-refractivity contribution in [2.75, 3.05) is 0 Å². The summed E-state index contributed by atoms with van der Waals surface area (Å²) in [5.41, 5.74) is 12.8. The van der Waals surface area contributed by atoms with Crippen LogP contribution >= 0.6 is 0 Å². The van der Waals surface area contributed by atoms with Gasteiger partial charge < -0.3 is 11.5 Å². The molecule has 4 nitrogen and oxygen atoms in total. The Kier molecular flexibility index (Phi) is 2.58. The summed E-state index contributed by atoms with van der Waals surface area (Å²) in [7, 11) is 0. The Balaban J connectivity index is 2.29.